The van der Waals surface area contributed by atoms with E-state index in [4.69, 9.17) is 0 Å². The lowest BCUT2D eigenvalue weighted by molar-refractivity contribution is 0.226. The fourth-order valence-corrected chi connectivity index (χ4v) is 2.89. The van der Waals surface area contributed by atoms with Gasteiger partial charge in [0.25, 0.3) is 0 Å². The van der Waals surface area contributed by atoms with Crippen molar-refractivity contribution in [2.75, 3.05) is 51.6 Å². The van der Waals surface area contributed by atoms with Gasteiger partial charge in [-0.15, -0.1) is 0 Å². The summed E-state index contributed by atoms with van der Waals surface area (Å²) in [6.45, 7) is 12.2. The van der Waals surface area contributed by atoms with E-state index in [1.54, 1.807) is 0 Å². The predicted octanol–water partition coefficient (Wildman–Crippen LogP) is 1.98. The molecule has 0 unspecified atom stereocenters. The van der Waals surface area contributed by atoms with Gasteiger partial charge in [0.05, 0.1) is 18.4 Å². The Bertz CT molecular complexity index is 391. The van der Waals surface area contributed by atoms with Gasteiger partial charge >= 0.3 is 0 Å². The summed E-state index contributed by atoms with van der Waals surface area (Å²) in [6.07, 6.45) is 6.70. The maximum atomic E-state index is 4.45. The summed E-state index contributed by atoms with van der Waals surface area (Å²) >= 11 is 0. The number of hydrogen-bond acceptors (Lipinski definition) is 4. The minimum absolute atomic E-state index is 0.806. The molecule has 2 heterocycles. The standard InChI is InChI=1S/C16H31N5/c1-4-20(5-2)10-11-21-14-16(13-18-21)17-12-15-6-8-19(3)9-7-15/h13-15,17H,4-12H2,1-3H3. The van der Waals surface area contributed by atoms with E-state index in [-0.39, 0.29) is 0 Å². The summed E-state index contributed by atoms with van der Waals surface area (Å²) in [7, 11) is 2.21. The van der Waals surface area contributed by atoms with Crippen molar-refractivity contribution in [3.05, 3.63) is 12.4 Å². The average molecular weight is 293 g/mol. The van der Waals surface area contributed by atoms with Gasteiger partial charge in [-0.25, -0.2) is 0 Å². The van der Waals surface area contributed by atoms with Crippen LogP contribution in [-0.4, -0.2) is 65.9 Å². The summed E-state index contributed by atoms with van der Waals surface area (Å²) in [5, 5.41) is 8.00. The summed E-state index contributed by atoms with van der Waals surface area (Å²) in [5.41, 5.74) is 1.16. The second-order valence-corrected chi connectivity index (χ2v) is 6.15. The third-order valence-electron chi connectivity index (χ3n) is 4.61. The van der Waals surface area contributed by atoms with E-state index in [2.05, 4.69) is 52.0 Å². The fraction of sp³-hybridized carbons (Fsp3) is 0.812. The van der Waals surface area contributed by atoms with Gasteiger partial charge in [0.2, 0.25) is 0 Å². The van der Waals surface area contributed by atoms with Crippen molar-refractivity contribution in [3.63, 3.8) is 0 Å². The van der Waals surface area contributed by atoms with Crippen molar-refractivity contribution >= 4 is 5.69 Å². The third-order valence-corrected chi connectivity index (χ3v) is 4.61. The molecule has 0 saturated carbocycles. The molecule has 0 aromatic carbocycles. The van der Waals surface area contributed by atoms with E-state index in [1.807, 2.05) is 6.20 Å². The molecule has 0 aliphatic carbocycles. The Morgan fingerprint density at radius 2 is 2.00 bits per heavy atom. The highest BCUT2D eigenvalue weighted by Gasteiger charge is 2.16. The molecule has 1 aromatic rings. The molecule has 0 amide bonds. The Labute approximate surface area is 129 Å². The summed E-state index contributed by atoms with van der Waals surface area (Å²) in [4.78, 5) is 4.84. The number of anilines is 1. The number of nitrogens with one attached hydrogen (secondary N) is 1. The van der Waals surface area contributed by atoms with Crippen molar-refractivity contribution in [3.8, 4) is 0 Å². The molecule has 1 fully saturated rings. The van der Waals surface area contributed by atoms with Gasteiger partial charge in [-0.2, -0.15) is 5.10 Å². The minimum Gasteiger partial charge on any atom is -0.382 e. The van der Waals surface area contributed by atoms with Gasteiger partial charge in [0, 0.05) is 19.3 Å². The molecule has 1 saturated heterocycles. The highest BCUT2D eigenvalue weighted by atomic mass is 15.3. The summed E-state index contributed by atoms with van der Waals surface area (Å²) < 4.78 is 2.05. The van der Waals surface area contributed by atoms with Crippen LogP contribution in [0.25, 0.3) is 0 Å². The van der Waals surface area contributed by atoms with E-state index in [0.29, 0.717) is 0 Å². The molecule has 21 heavy (non-hydrogen) atoms. The number of nitrogens with zero attached hydrogens (tertiary/aromatic N) is 4. The number of likely N-dealkylation sites (tertiary alicyclic amines) is 1. The quantitative estimate of drug-likeness (QED) is 0.795. The van der Waals surface area contributed by atoms with Crippen LogP contribution in [-0.2, 0) is 6.54 Å². The second-order valence-electron chi connectivity index (χ2n) is 6.15. The van der Waals surface area contributed by atoms with Crippen molar-refractivity contribution in [2.45, 2.75) is 33.2 Å². The first-order valence-corrected chi connectivity index (χ1v) is 8.38. The molecule has 5 heteroatoms. The first-order chi connectivity index (χ1) is 10.2. The van der Waals surface area contributed by atoms with E-state index in [9.17, 15) is 0 Å². The van der Waals surface area contributed by atoms with Crippen molar-refractivity contribution in [1.82, 2.24) is 19.6 Å². The highest BCUT2D eigenvalue weighted by molar-refractivity contribution is 5.38. The molecule has 120 valence electrons. The van der Waals surface area contributed by atoms with Gasteiger partial charge < -0.3 is 15.1 Å². The Hall–Kier alpha value is -1.07. The van der Waals surface area contributed by atoms with E-state index in [1.165, 1.54) is 25.9 Å². The van der Waals surface area contributed by atoms with Crippen LogP contribution >= 0.6 is 0 Å². The fourth-order valence-electron chi connectivity index (χ4n) is 2.89. The predicted molar refractivity (Wildman–Crippen MR) is 88.7 cm³/mol. The zero-order valence-electron chi connectivity index (χ0n) is 13.9. The van der Waals surface area contributed by atoms with Crippen LogP contribution in [0.5, 0.6) is 0 Å². The Kier molecular flexibility index (Phi) is 6.51. The molecule has 2 rings (SSSR count). The molecule has 0 bridgehead atoms. The molecule has 1 N–H and O–H groups in total. The zero-order valence-corrected chi connectivity index (χ0v) is 13.9. The van der Waals surface area contributed by atoms with E-state index >= 15 is 0 Å². The molecule has 1 aromatic heterocycles. The molecule has 1 aliphatic heterocycles. The SMILES string of the molecule is CCN(CC)CCn1cc(NCC2CCN(C)CC2)cn1. The van der Waals surface area contributed by atoms with Gasteiger partial charge in [0.15, 0.2) is 0 Å². The summed E-state index contributed by atoms with van der Waals surface area (Å²) in [6, 6.07) is 0. The van der Waals surface area contributed by atoms with E-state index < -0.39 is 0 Å². The topological polar surface area (TPSA) is 36.3 Å². The highest BCUT2D eigenvalue weighted by Crippen LogP contribution is 2.17. The third kappa shape index (κ3) is 5.32. The average Bonchev–Trinajstić information content (AvgIpc) is 2.96. The van der Waals surface area contributed by atoms with Crippen molar-refractivity contribution in [2.24, 2.45) is 5.92 Å². The van der Waals surface area contributed by atoms with Crippen molar-refractivity contribution < 1.29 is 0 Å². The molecular weight excluding hydrogens is 262 g/mol. The van der Waals surface area contributed by atoms with Crippen LogP contribution in [0.3, 0.4) is 0 Å². The first-order valence-electron chi connectivity index (χ1n) is 8.38. The van der Waals surface area contributed by atoms with Crippen molar-refractivity contribution in [1.29, 1.82) is 0 Å². The number of rotatable bonds is 8. The summed E-state index contributed by atoms with van der Waals surface area (Å²) in [5.74, 6) is 0.806. The number of likely N-dealkylation sites (N-methyl/N-ethyl adjacent to an activating group) is 1. The normalized spacial score (nSPS) is 17.5. The zero-order chi connectivity index (χ0) is 15.1. The number of hydrogen-bond donors (Lipinski definition) is 1. The monoisotopic (exact) mass is 293 g/mol. The van der Waals surface area contributed by atoms with E-state index in [0.717, 1.165) is 44.3 Å². The Morgan fingerprint density at radius 3 is 2.67 bits per heavy atom. The molecule has 0 spiro atoms. The van der Waals surface area contributed by atoms with Crippen LogP contribution in [0, 0.1) is 5.92 Å². The van der Waals surface area contributed by atoms with Gasteiger partial charge in [0.1, 0.15) is 0 Å². The molecule has 0 atom stereocenters. The van der Waals surface area contributed by atoms with Gasteiger partial charge in [-0.1, -0.05) is 13.8 Å². The maximum absolute atomic E-state index is 4.45. The largest absolute Gasteiger partial charge is 0.382 e. The van der Waals surface area contributed by atoms with Gasteiger partial charge in [-0.05, 0) is 52.0 Å². The molecule has 1 aliphatic rings. The Morgan fingerprint density at radius 1 is 1.29 bits per heavy atom. The van der Waals surface area contributed by atoms with Crippen LogP contribution in [0.2, 0.25) is 0 Å². The van der Waals surface area contributed by atoms with Crippen LogP contribution in [0.1, 0.15) is 26.7 Å². The first kappa shape index (κ1) is 16.3. The van der Waals surface area contributed by atoms with Crippen LogP contribution < -0.4 is 5.32 Å². The lowest BCUT2D eigenvalue weighted by Gasteiger charge is -2.29. The minimum atomic E-state index is 0.806. The molecular formula is C16H31N5. The maximum Gasteiger partial charge on any atom is 0.0726 e. The number of aromatic nitrogens is 2. The number of piperidine rings is 1. The van der Waals surface area contributed by atoms with Gasteiger partial charge in [-0.3, -0.25) is 4.68 Å². The van der Waals surface area contributed by atoms with Crippen LogP contribution in [0.4, 0.5) is 5.69 Å². The lowest BCUT2D eigenvalue weighted by Crippen LogP contribution is -2.32. The molecule has 0 radical (unpaired) electrons. The Balaban J connectivity index is 1.70. The van der Waals surface area contributed by atoms with Crippen LogP contribution in [0.15, 0.2) is 12.4 Å². The lowest BCUT2D eigenvalue weighted by atomic mass is 9.97. The molecule has 5 nitrogen and oxygen atoms in total. The smallest absolute Gasteiger partial charge is 0.0726 e. The second kappa shape index (κ2) is 8.39.